The lowest BCUT2D eigenvalue weighted by Gasteiger charge is -2.14. The van der Waals surface area contributed by atoms with E-state index in [2.05, 4.69) is 66.3 Å². The van der Waals surface area contributed by atoms with Crippen LogP contribution in [0.3, 0.4) is 0 Å². The Balaban J connectivity index is 2.12. The predicted molar refractivity (Wildman–Crippen MR) is 93.2 cm³/mol. The second kappa shape index (κ2) is 7.51. The fraction of sp³-hybridized carbons (Fsp3) is 0.333. The first-order valence-electron chi connectivity index (χ1n) is 7.32. The summed E-state index contributed by atoms with van der Waals surface area (Å²) in [5.41, 5.74) is 4.86. The Morgan fingerprint density at radius 3 is 2.43 bits per heavy atom. The third-order valence-electron chi connectivity index (χ3n) is 3.19. The van der Waals surface area contributed by atoms with Gasteiger partial charge in [0.25, 0.3) is 0 Å². The molecule has 21 heavy (non-hydrogen) atoms. The minimum absolute atomic E-state index is 0.748. The first kappa shape index (κ1) is 15.9. The maximum Gasteiger partial charge on any atom is 0.124 e. The van der Waals surface area contributed by atoms with Gasteiger partial charge in [0, 0.05) is 22.3 Å². The van der Waals surface area contributed by atoms with E-state index in [1.807, 2.05) is 12.1 Å². The zero-order valence-electron chi connectivity index (χ0n) is 12.9. The van der Waals surface area contributed by atoms with Crippen molar-refractivity contribution < 1.29 is 4.74 Å². The van der Waals surface area contributed by atoms with E-state index in [-0.39, 0.29) is 0 Å². The second-order valence-electron chi connectivity index (χ2n) is 5.33. The van der Waals surface area contributed by atoms with Crippen LogP contribution in [0.4, 0.5) is 5.69 Å². The van der Waals surface area contributed by atoms with Crippen LogP contribution < -0.4 is 10.1 Å². The number of aryl methyl sites for hydroxylation is 2. The van der Waals surface area contributed by atoms with Crippen molar-refractivity contribution in [2.24, 2.45) is 0 Å². The topological polar surface area (TPSA) is 21.3 Å². The zero-order chi connectivity index (χ0) is 15.2. The summed E-state index contributed by atoms with van der Waals surface area (Å²) in [7, 11) is 0. The Kier molecular flexibility index (Phi) is 5.68. The molecule has 0 atom stereocenters. The highest BCUT2D eigenvalue weighted by Gasteiger charge is 2.05. The third-order valence-corrected chi connectivity index (χ3v) is 3.68. The van der Waals surface area contributed by atoms with Gasteiger partial charge in [0.1, 0.15) is 5.75 Å². The van der Waals surface area contributed by atoms with E-state index < -0.39 is 0 Å². The van der Waals surface area contributed by atoms with Gasteiger partial charge in [-0.25, -0.2) is 0 Å². The third kappa shape index (κ3) is 4.78. The van der Waals surface area contributed by atoms with Gasteiger partial charge in [0.15, 0.2) is 0 Å². The van der Waals surface area contributed by atoms with Crippen LogP contribution in [-0.2, 0) is 6.54 Å². The SMILES string of the molecule is CCCOc1ccc(Br)cc1CNc1cc(C)cc(C)c1. The molecule has 2 nitrogen and oxygen atoms in total. The zero-order valence-corrected chi connectivity index (χ0v) is 14.5. The van der Waals surface area contributed by atoms with E-state index >= 15 is 0 Å². The second-order valence-corrected chi connectivity index (χ2v) is 6.25. The summed E-state index contributed by atoms with van der Waals surface area (Å²) in [4.78, 5) is 0. The Morgan fingerprint density at radius 1 is 1.05 bits per heavy atom. The number of hydrogen-bond donors (Lipinski definition) is 1. The number of nitrogens with one attached hydrogen (secondary N) is 1. The van der Waals surface area contributed by atoms with Crippen LogP contribution in [0.1, 0.15) is 30.0 Å². The molecule has 0 aliphatic carbocycles. The Bertz CT molecular complexity index is 590. The van der Waals surface area contributed by atoms with Crippen molar-refractivity contribution in [1.29, 1.82) is 0 Å². The predicted octanol–water partition coefficient (Wildman–Crippen LogP) is 5.47. The molecule has 0 unspecified atom stereocenters. The summed E-state index contributed by atoms with van der Waals surface area (Å²) in [5, 5.41) is 3.49. The van der Waals surface area contributed by atoms with Gasteiger partial charge in [0.05, 0.1) is 6.61 Å². The average molecular weight is 348 g/mol. The van der Waals surface area contributed by atoms with E-state index in [9.17, 15) is 0 Å². The molecule has 0 fully saturated rings. The molecule has 112 valence electrons. The van der Waals surface area contributed by atoms with E-state index in [1.165, 1.54) is 11.1 Å². The molecule has 0 aliphatic heterocycles. The Hall–Kier alpha value is -1.48. The summed E-state index contributed by atoms with van der Waals surface area (Å²) in [6.45, 7) is 7.85. The standard InChI is InChI=1S/C18H22BrNO/c1-4-7-21-18-6-5-16(19)11-15(18)12-20-17-9-13(2)8-14(3)10-17/h5-6,8-11,20H,4,7,12H2,1-3H3. The van der Waals surface area contributed by atoms with Gasteiger partial charge in [-0.05, 0) is 61.7 Å². The largest absolute Gasteiger partial charge is 0.493 e. The van der Waals surface area contributed by atoms with Crippen LogP contribution in [0.25, 0.3) is 0 Å². The summed E-state index contributed by atoms with van der Waals surface area (Å²) in [6.07, 6.45) is 1.01. The Labute approximate surface area is 135 Å². The van der Waals surface area contributed by atoms with Crippen LogP contribution in [0, 0.1) is 13.8 Å². The van der Waals surface area contributed by atoms with Crippen molar-refractivity contribution >= 4 is 21.6 Å². The smallest absolute Gasteiger partial charge is 0.124 e. The maximum atomic E-state index is 5.82. The van der Waals surface area contributed by atoms with E-state index in [1.54, 1.807) is 0 Å². The highest BCUT2D eigenvalue weighted by atomic mass is 79.9. The molecule has 0 radical (unpaired) electrons. The molecular weight excluding hydrogens is 326 g/mol. The lowest BCUT2D eigenvalue weighted by molar-refractivity contribution is 0.314. The maximum absolute atomic E-state index is 5.82. The minimum atomic E-state index is 0.748. The molecule has 0 aromatic heterocycles. The van der Waals surface area contributed by atoms with Gasteiger partial charge in [-0.1, -0.05) is 28.9 Å². The Morgan fingerprint density at radius 2 is 1.76 bits per heavy atom. The van der Waals surface area contributed by atoms with Crippen LogP contribution in [-0.4, -0.2) is 6.61 Å². The van der Waals surface area contributed by atoms with Gasteiger partial charge in [0.2, 0.25) is 0 Å². The summed E-state index contributed by atoms with van der Waals surface area (Å²) < 4.78 is 6.89. The fourth-order valence-electron chi connectivity index (χ4n) is 2.31. The number of anilines is 1. The molecular formula is C18H22BrNO. The lowest BCUT2D eigenvalue weighted by atomic mass is 10.1. The van der Waals surface area contributed by atoms with E-state index in [0.717, 1.165) is 41.0 Å². The minimum Gasteiger partial charge on any atom is -0.493 e. The molecule has 3 heteroatoms. The van der Waals surface area contributed by atoms with Crippen molar-refractivity contribution in [2.45, 2.75) is 33.7 Å². The van der Waals surface area contributed by atoms with Crippen LogP contribution in [0.15, 0.2) is 40.9 Å². The van der Waals surface area contributed by atoms with E-state index in [0.29, 0.717) is 0 Å². The molecule has 2 aromatic rings. The lowest BCUT2D eigenvalue weighted by Crippen LogP contribution is -2.04. The van der Waals surface area contributed by atoms with Crippen molar-refractivity contribution in [3.05, 3.63) is 57.6 Å². The van der Waals surface area contributed by atoms with Crippen molar-refractivity contribution in [2.75, 3.05) is 11.9 Å². The molecule has 0 bridgehead atoms. The number of halogens is 1. The molecule has 2 rings (SSSR count). The number of rotatable bonds is 6. The monoisotopic (exact) mass is 347 g/mol. The van der Waals surface area contributed by atoms with Gasteiger partial charge in [-0.3, -0.25) is 0 Å². The van der Waals surface area contributed by atoms with Crippen LogP contribution in [0.2, 0.25) is 0 Å². The summed E-state index contributed by atoms with van der Waals surface area (Å²) in [6, 6.07) is 12.7. The first-order chi connectivity index (χ1) is 10.1. The first-order valence-corrected chi connectivity index (χ1v) is 8.11. The normalized spacial score (nSPS) is 10.5. The number of ether oxygens (including phenoxy) is 1. The van der Waals surface area contributed by atoms with Crippen LogP contribution >= 0.6 is 15.9 Å². The van der Waals surface area contributed by atoms with Crippen LogP contribution in [0.5, 0.6) is 5.75 Å². The molecule has 0 saturated heterocycles. The van der Waals surface area contributed by atoms with Crippen molar-refractivity contribution in [1.82, 2.24) is 0 Å². The molecule has 0 spiro atoms. The number of benzene rings is 2. The molecule has 0 saturated carbocycles. The molecule has 0 aliphatic rings. The van der Waals surface area contributed by atoms with Gasteiger partial charge in [-0.2, -0.15) is 0 Å². The summed E-state index contributed by atoms with van der Waals surface area (Å²) in [5.74, 6) is 0.955. The van der Waals surface area contributed by atoms with Gasteiger partial charge in [-0.15, -0.1) is 0 Å². The highest BCUT2D eigenvalue weighted by molar-refractivity contribution is 9.10. The fourth-order valence-corrected chi connectivity index (χ4v) is 2.72. The quantitative estimate of drug-likeness (QED) is 0.748. The van der Waals surface area contributed by atoms with Crippen molar-refractivity contribution in [3.8, 4) is 5.75 Å². The molecule has 0 heterocycles. The van der Waals surface area contributed by atoms with Gasteiger partial charge >= 0.3 is 0 Å². The number of hydrogen-bond acceptors (Lipinski definition) is 2. The van der Waals surface area contributed by atoms with Crippen molar-refractivity contribution in [3.63, 3.8) is 0 Å². The van der Waals surface area contributed by atoms with Gasteiger partial charge < -0.3 is 10.1 Å². The highest BCUT2D eigenvalue weighted by Crippen LogP contribution is 2.25. The molecule has 2 aromatic carbocycles. The average Bonchev–Trinajstić information content (AvgIpc) is 2.43. The molecule has 0 amide bonds. The summed E-state index contributed by atoms with van der Waals surface area (Å²) >= 11 is 3.53. The molecule has 1 N–H and O–H groups in total. The van der Waals surface area contributed by atoms with E-state index in [4.69, 9.17) is 4.74 Å².